The van der Waals surface area contributed by atoms with Crippen LogP contribution in [0.5, 0.6) is 0 Å². The first-order valence-corrected chi connectivity index (χ1v) is 8.90. The summed E-state index contributed by atoms with van der Waals surface area (Å²) in [5.74, 6) is 0.874. The number of carbonyl (C=O) groups excluding carboxylic acids is 1. The number of aryl methyl sites for hydroxylation is 1. The van der Waals surface area contributed by atoms with Crippen LogP contribution < -0.4 is 5.32 Å². The molecule has 0 spiro atoms. The van der Waals surface area contributed by atoms with E-state index in [1.54, 1.807) is 13.3 Å². The van der Waals surface area contributed by atoms with Gasteiger partial charge in [-0.15, -0.1) is 0 Å². The maximum atomic E-state index is 12.3. The molecule has 0 saturated carbocycles. The summed E-state index contributed by atoms with van der Waals surface area (Å²) in [5.41, 5.74) is 1.98. The van der Waals surface area contributed by atoms with Gasteiger partial charge in [-0.3, -0.25) is 9.48 Å². The van der Waals surface area contributed by atoms with Crippen LogP contribution in [0.4, 0.5) is 0 Å². The van der Waals surface area contributed by atoms with Crippen LogP contribution in [0.3, 0.4) is 0 Å². The summed E-state index contributed by atoms with van der Waals surface area (Å²) in [6.45, 7) is 4.00. The third-order valence-corrected chi connectivity index (χ3v) is 4.32. The molecule has 7 nitrogen and oxygen atoms in total. The zero-order valence-electron chi connectivity index (χ0n) is 15.3. The fraction of sp³-hybridized carbons (Fsp3) is 0.421. The number of benzene rings is 1. The SMILES string of the molecule is COCCn1c([C@@H](C)NC(=O)CCCn2cccn2)nc2ccccc21. The third kappa shape index (κ3) is 4.29. The molecule has 138 valence electrons. The van der Waals surface area contributed by atoms with Gasteiger partial charge < -0.3 is 14.6 Å². The van der Waals surface area contributed by atoms with E-state index < -0.39 is 0 Å². The number of amides is 1. The molecule has 1 amide bonds. The number of para-hydroxylation sites is 2. The van der Waals surface area contributed by atoms with E-state index in [2.05, 4.69) is 15.0 Å². The van der Waals surface area contributed by atoms with E-state index in [1.807, 2.05) is 48.1 Å². The molecule has 1 atom stereocenters. The Morgan fingerprint density at radius 1 is 1.27 bits per heavy atom. The lowest BCUT2D eigenvalue weighted by Gasteiger charge is -2.16. The number of hydrogen-bond donors (Lipinski definition) is 1. The number of carbonyl (C=O) groups is 1. The average molecular weight is 355 g/mol. The minimum atomic E-state index is -0.170. The number of nitrogens with one attached hydrogen (secondary N) is 1. The molecule has 7 heteroatoms. The van der Waals surface area contributed by atoms with Crippen LogP contribution in [-0.2, 0) is 22.6 Å². The van der Waals surface area contributed by atoms with E-state index in [9.17, 15) is 4.79 Å². The summed E-state index contributed by atoms with van der Waals surface area (Å²) >= 11 is 0. The average Bonchev–Trinajstić information content (AvgIpc) is 3.27. The molecule has 26 heavy (non-hydrogen) atoms. The smallest absolute Gasteiger partial charge is 0.220 e. The standard InChI is InChI=1S/C19H25N5O2/c1-15(21-18(25)9-5-11-23-12-6-10-20-23)19-22-16-7-3-4-8-17(16)24(19)13-14-26-2/h3-4,6-8,10,12,15H,5,9,11,13-14H2,1-2H3,(H,21,25)/t15-/m1/s1. The van der Waals surface area contributed by atoms with Crippen LogP contribution in [0.2, 0.25) is 0 Å². The zero-order valence-corrected chi connectivity index (χ0v) is 15.3. The van der Waals surface area contributed by atoms with Gasteiger partial charge in [-0.1, -0.05) is 12.1 Å². The normalized spacial score (nSPS) is 12.4. The van der Waals surface area contributed by atoms with Crippen molar-refractivity contribution in [1.82, 2.24) is 24.6 Å². The number of imidazole rings is 1. The van der Waals surface area contributed by atoms with Gasteiger partial charge in [0.1, 0.15) is 5.82 Å². The summed E-state index contributed by atoms with van der Waals surface area (Å²) in [5, 5.41) is 7.21. The van der Waals surface area contributed by atoms with Gasteiger partial charge >= 0.3 is 0 Å². The number of aromatic nitrogens is 4. The fourth-order valence-corrected chi connectivity index (χ4v) is 3.05. The van der Waals surface area contributed by atoms with Crippen molar-refractivity contribution in [2.24, 2.45) is 0 Å². The zero-order chi connectivity index (χ0) is 18.4. The molecule has 0 unspecified atom stereocenters. The van der Waals surface area contributed by atoms with Crippen LogP contribution in [-0.4, -0.2) is 39.0 Å². The third-order valence-electron chi connectivity index (χ3n) is 4.32. The van der Waals surface area contributed by atoms with Gasteiger partial charge in [0.05, 0.1) is 23.7 Å². The minimum absolute atomic E-state index is 0.0232. The Morgan fingerprint density at radius 3 is 2.88 bits per heavy atom. The van der Waals surface area contributed by atoms with Crippen LogP contribution in [0.15, 0.2) is 42.7 Å². The molecule has 0 radical (unpaired) electrons. The van der Waals surface area contributed by atoms with Crippen LogP contribution in [0.25, 0.3) is 11.0 Å². The highest BCUT2D eigenvalue weighted by atomic mass is 16.5. The number of fused-ring (bicyclic) bond motifs is 1. The van der Waals surface area contributed by atoms with E-state index in [-0.39, 0.29) is 11.9 Å². The summed E-state index contributed by atoms with van der Waals surface area (Å²) in [6.07, 6.45) is 4.86. The highest BCUT2D eigenvalue weighted by Gasteiger charge is 2.18. The molecule has 2 heterocycles. The summed E-state index contributed by atoms with van der Waals surface area (Å²) < 4.78 is 9.18. The van der Waals surface area contributed by atoms with Crippen molar-refractivity contribution in [2.45, 2.75) is 38.9 Å². The summed E-state index contributed by atoms with van der Waals surface area (Å²) in [6, 6.07) is 9.71. The Morgan fingerprint density at radius 2 is 2.12 bits per heavy atom. The van der Waals surface area contributed by atoms with Gasteiger partial charge in [-0.2, -0.15) is 5.10 Å². The number of rotatable bonds is 9. The predicted molar refractivity (Wildman–Crippen MR) is 99.6 cm³/mol. The largest absolute Gasteiger partial charge is 0.383 e. The molecule has 0 aliphatic rings. The molecule has 0 bridgehead atoms. The molecule has 3 rings (SSSR count). The van der Waals surface area contributed by atoms with Crippen molar-refractivity contribution in [3.05, 3.63) is 48.5 Å². The van der Waals surface area contributed by atoms with E-state index in [0.29, 0.717) is 19.6 Å². The van der Waals surface area contributed by atoms with Crippen molar-refractivity contribution >= 4 is 16.9 Å². The van der Waals surface area contributed by atoms with Gasteiger partial charge in [-0.05, 0) is 31.5 Å². The molecule has 2 aromatic heterocycles. The van der Waals surface area contributed by atoms with Crippen LogP contribution in [0, 0.1) is 0 Å². The van der Waals surface area contributed by atoms with Gasteiger partial charge in [0.25, 0.3) is 0 Å². The van der Waals surface area contributed by atoms with Crippen molar-refractivity contribution < 1.29 is 9.53 Å². The second kappa shape index (κ2) is 8.62. The molecule has 1 aromatic carbocycles. The second-order valence-corrected chi connectivity index (χ2v) is 6.27. The van der Waals surface area contributed by atoms with E-state index in [4.69, 9.17) is 9.72 Å². The maximum Gasteiger partial charge on any atom is 0.220 e. The molecule has 0 saturated heterocycles. The lowest BCUT2D eigenvalue weighted by molar-refractivity contribution is -0.121. The first-order valence-electron chi connectivity index (χ1n) is 8.90. The van der Waals surface area contributed by atoms with Gasteiger partial charge in [0.2, 0.25) is 5.91 Å². The van der Waals surface area contributed by atoms with Crippen LogP contribution in [0.1, 0.15) is 31.6 Å². The maximum absolute atomic E-state index is 12.3. The Hall–Kier alpha value is -2.67. The van der Waals surface area contributed by atoms with E-state index >= 15 is 0 Å². The topological polar surface area (TPSA) is 74.0 Å². The first-order chi connectivity index (χ1) is 12.7. The van der Waals surface area contributed by atoms with E-state index in [0.717, 1.165) is 29.8 Å². The number of hydrogen-bond acceptors (Lipinski definition) is 4. The molecule has 0 aliphatic carbocycles. The first kappa shape index (κ1) is 18.1. The quantitative estimate of drug-likeness (QED) is 0.640. The Kier molecular flexibility index (Phi) is 6.01. The molecule has 3 aromatic rings. The molecular weight excluding hydrogens is 330 g/mol. The Labute approximate surface area is 153 Å². The lowest BCUT2D eigenvalue weighted by Crippen LogP contribution is -2.29. The second-order valence-electron chi connectivity index (χ2n) is 6.27. The number of nitrogens with zero attached hydrogens (tertiary/aromatic N) is 4. The Balaban J connectivity index is 1.64. The van der Waals surface area contributed by atoms with Gasteiger partial charge in [-0.25, -0.2) is 4.98 Å². The summed E-state index contributed by atoms with van der Waals surface area (Å²) in [4.78, 5) is 17.0. The minimum Gasteiger partial charge on any atom is -0.383 e. The molecule has 0 aliphatic heterocycles. The Bertz CT molecular complexity index is 841. The van der Waals surface area contributed by atoms with Crippen molar-refractivity contribution in [1.29, 1.82) is 0 Å². The molecule has 0 fully saturated rings. The van der Waals surface area contributed by atoms with Crippen molar-refractivity contribution in [3.8, 4) is 0 Å². The highest BCUT2D eigenvalue weighted by Crippen LogP contribution is 2.21. The fourth-order valence-electron chi connectivity index (χ4n) is 3.05. The van der Waals surface area contributed by atoms with Crippen molar-refractivity contribution in [2.75, 3.05) is 13.7 Å². The van der Waals surface area contributed by atoms with E-state index in [1.165, 1.54) is 0 Å². The number of ether oxygens (including phenoxy) is 1. The molecular formula is C19H25N5O2. The lowest BCUT2D eigenvalue weighted by atomic mass is 10.2. The summed E-state index contributed by atoms with van der Waals surface area (Å²) in [7, 11) is 1.68. The number of methoxy groups -OCH3 is 1. The predicted octanol–water partition coefficient (Wildman–Crippen LogP) is 2.54. The molecule has 1 N–H and O–H groups in total. The highest BCUT2D eigenvalue weighted by molar-refractivity contribution is 5.78. The van der Waals surface area contributed by atoms with Gasteiger partial charge in [0, 0.05) is 39.0 Å². The van der Waals surface area contributed by atoms with Crippen LogP contribution >= 0.6 is 0 Å². The van der Waals surface area contributed by atoms with Crippen molar-refractivity contribution in [3.63, 3.8) is 0 Å². The van der Waals surface area contributed by atoms with Gasteiger partial charge in [0.15, 0.2) is 0 Å². The monoisotopic (exact) mass is 355 g/mol.